The number of nitrogens with zero attached hydrogens (tertiary/aromatic N) is 2. The Bertz CT molecular complexity index is 805. The molecule has 3 aromatic rings. The topological polar surface area (TPSA) is 43.8 Å². The highest BCUT2D eigenvalue weighted by Gasteiger charge is 2.08. The van der Waals surface area contributed by atoms with E-state index >= 15 is 0 Å². The Labute approximate surface area is 129 Å². The number of hydrogen-bond acceptors (Lipinski definition) is 2. The van der Waals surface area contributed by atoms with E-state index in [1.807, 2.05) is 24.5 Å². The van der Waals surface area contributed by atoms with E-state index in [9.17, 15) is 0 Å². The highest BCUT2D eigenvalue weighted by Crippen LogP contribution is 2.23. The normalized spacial score (nSPS) is 11.2. The minimum absolute atomic E-state index is 0.506. The summed E-state index contributed by atoms with van der Waals surface area (Å²) in [7, 11) is 0. The second kappa shape index (κ2) is 5.51. The first-order valence-corrected chi connectivity index (χ1v) is 7.35. The molecule has 0 aliphatic heterocycles. The fraction of sp³-hybridized carbons (Fsp3) is 0.235. The highest BCUT2D eigenvalue weighted by molar-refractivity contribution is 6.31. The summed E-state index contributed by atoms with van der Waals surface area (Å²) < 4.78 is 2.13. The molecule has 0 bridgehead atoms. The largest absolute Gasteiger partial charge is 0.326 e. The van der Waals surface area contributed by atoms with E-state index in [0.29, 0.717) is 13.1 Å². The average Bonchev–Trinajstić information content (AvgIpc) is 2.84. The molecule has 0 aliphatic rings. The SMILES string of the molecule is Cc1cc2ncn(Cc3ccc(CN)cc3Cl)c2cc1C. The highest BCUT2D eigenvalue weighted by atomic mass is 35.5. The number of benzene rings is 2. The van der Waals surface area contributed by atoms with Gasteiger partial charge in [0, 0.05) is 11.6 Å². The number of imidazole rings is 1. The van der Waals surface area contributed by atoms with Crippen LogP contribution < -0.4 is 5.73 Å². The Morgan fingerprint density at radius 3 is 2.62 bits per heavy atom. The van der Waals surface area contributed by atoms with Crippen LogP contribution in [0.15, 0.2) is 36.7 Å². The van der Waals surface area contributed by atoms with E-state index < -0.39 is 0 Å². The molecule has 0 atom stereocenters. The Morgan fingerprint density at radius 2 is 1.90 bits per heavy atom. The summed E-state index contributed by atoms with van der Waals surface area (Å²) in [5, 5.41) is 0.753. The summed E-state index contributed by atoms with van der Waals surface area (Å²) >= 11 is 6.34. The number of hydrogen-bond donors (Lipinski definition) is 1. The van der Waals surface area contributed by atoms with Gasteiger partial charge in [-0.3, -0.25) is 0 Å². The third kappa shape index (κ3) is 2.67. The lowest BCUT2D eigenvalue weighted by atomic mass is 10.1. The molecule has 21 heavy (non-hydrogen) atoms. The lowest BCUT2D eigenvalue weighted by Crippen LogP contribution is -2.01. The Kier molecular flexibility index (Phi) is 3.70. The molecule has 2 N–H and O–H groups in total. The first kappa shape index (κ1) is 14.1. The van der Waals surface area contributed by atoms with E-state index in [-0.39, 0.29) is 0 Å². The summed E-state index contributed by atoms with van der Waals surface area (Å²) in [4.78, 5) is 4.48. The van der Waals surface area contributed by atoms with Gasteiger partial charge in [0.2, 0.25) is 0 Å². The van der Waals surface area contributed by atoms with Crippen molar-refractivity contribution >= 4 is 22.6 Å². The molecule has 108 valence electrons. The molecule has 0 fully saturated rings. The van der Waals surface area contributed by atoms with Gasteiger partial charge in [-0.05, 0) is 54.3 Å². The van der Waals surface area contributed by atoms with E-state index in [4.69, 9.17) is 17.3 Å². The quantitative estimate of drug-likeness (QED) is 0.799. The van der Waals surface area contributed by atoms with Crippen molar-refractivity contribution in [2.45, 2.75) is 26.9 Å². The molecule has 0 saturated carbocycles. The molecule has 4 heteroatoms. The number of fused-ring (bicyclic) bond motifs is 1. The fourth-order valence-corrected chi connectivity index (χ4v) is 2.73. The van der Waals surface area contributed by atoms with Gasteiger partial charge in [0.05, 0.1) is 23.9 Å². The van der Waals surface area contributed by atoms with Crippen molar-refractivity contribution in [1.29, 1.82) is 0 Å². The van der Waals surface area contributed by atoms with Crippen molar-refractivity contribution in [2.75, 3.05) is 0 Å². The van der Waals surface area contributed by atoms with E-state index in [1.54, 1.807) is 0 Å². The van der Waals surface area contributed by atoms with Crippen molar-refractivity contribution in [3.05, 3.63) is 63.9 Å². The molecule has 2 aromatic carbocycles. The fourth-order valence-electron chi connectivity index (χ4n) is 2.47. The summed E-state index contributed by atoms with van der Waals surface area (Å²) in [5.74, 6) is 0. The van der Waals surface area contributed by atoms with Crippen LogP contribution in [0.4, 0.5) is 0 Å². The molecular formula is C17H18ClN3. The summed E-state index contributed by atoms with van der Waals surface area (Å²) in [6.07, 6.45) is 1.87. The van der Waals surface area contributed by atoms with Crippen LogP contribution in [0.3, 0.4) is 0 Å². The van der Waals surface area contributed by atoms with E-state index in [2.05, 4.69) is 35.5 Å². The molecule has 0 amide bonds. The van der Waals surface area contributed by atoms with Crippen molar-refractivity contribution < 1.29 is 0 Å². The Hall–Kier alpha value is -1.84. The summed E-state index contributed by atoms with van der Waals surface area (Å²) in [6, 6.07) is 10.3. The van der Waals surface area contributed by atoms with Gasteiger partial charge in [0.15, 0.2) is 0 Å². The molecule has 1 aromatic heterocycles. The predicted molar refractivity (Wildman–Crippen MR) is 87.7 cm³/mol. The van der Waals surface area contributed by atoms with Crippen molar-refractivity contribution in [2.24, 2.45) is 5.73 Å². The molecule has 3 rings (SSSR count). The van der Waals surface area contributed by atoms with Gasteiger partial charge in [-0.1, -0.05) is 23.7 Å². The standard InChI is InChI=1S/C17H18ClN3/c1-11-5-16-17(6-12(11)2)21(10-20-16)9-14-4-3-13(8-19)7-15(14)18/h3-7,10H,8-9,19H2,1-2H3. The van der Waals surface area contributed by atoms with Crippen LogP contribution in [-0.4, -0.2) is 9.55 Å². The second-order valence-corrected chi connectivity index (χ2v) is 5.83. The monoisotopic (exact) mass is 299 g/mol. The minimum Gasteiger partial charge on any atom is -0.326 e. The molecule has 0 aliphatic carbocycles. The average molecular weight is 300 g/mol. The molecule has 3 nitrogen and oxygen atoms in total. The molecule has 0 unspecified atom stereocenters. The van der Waals surface area contributed by atoms with Crippen LogP contribution in [0.25, 0.3) is 11.0 Å². The lowest BCUT2D eigenvalue weighted by molar-refractivity contribution is 0.823. The molecular weight excluding hydrogens is 282 g/mol. The maximum Gasteiger partial charge on any atom is 0.0961 e. The third-order valence-corrected chi connectivity index (χ3v) is 4.28. The second-order valence-electron chi connectivity index (χ2n) is 5.43. The number of aromatic nitrogens is 2. The first-order valence-electron chi connectivity index (χ1n) is 6.98. The Morgan fingerprint density at radius 1 is 1.14 bits per heavy atom. The molecule has 1 heterocycles. The summed E-state index contributed by atoms with van der Waals surface area (Å²) in [5.41, 5.74) is 12.4. The zero-order chi connectivity index (χ0) is 15.0. The van der Waals surface area contributed by atoms with Crippen LogP contribution >= 0.6 is 11.6 Å². The zero-order valence-corrected chi connectivity index (χ0v) is 13.0. The van der Waals surface area contributed by atoms with Crippen LogP contribution in [0.5, 0.6) is 0 Å². The molecule has 0 spiro atoms. The third-order valence-electron chi connectivity index (χ3n) is 3.93. The number of halogens is 1. The number of aryl methyl sites for hydroxylation is 2. The van der Waals surface area contributed by atoms with E-state index in [0.717, 1.165) is 27.2 Å². The smallest absolute Gasteiger partial charge is 0.0961 e. The minimum atomic E-state index is 0.506. The van der Waals surface area contributed by atoms with Crippen LogP contribution in [-0.2, 0) is 13.1 Å². The van der Waals surface area contributed by atoms with Crippen molar-refractivity contribution in [3.63, 3.8) is 0 Å². The maximum absolute atomic E-state index is 6.34. The van der Waals surface area contributed by atoms with Crippen molar-refractivity contribution in [3.8, 4) is 0 Å². The zero-order valence-electron chi connectivity index (χ0n) is 12.2. The van der Waals surface area contributed by atoms with Gasteiger partial charge < -0.3 is 10.3 Å². The predicted octanol–water partition coefficient (Wildman–Crippen LogP) is 3.81. The maximum atomic E-state index is 6.34. The molecule has 0 saturated heterocycles. The van der Waals surface area contributed by atoms with Crippen LogP contribution in [0.2, 0.25) is 5.02 Å². The van der Waals surface area contributed by atoms with Gasteiger partial charge in [-0.15, -0.1) is 0 Å². The van der Waals surface area contributed by atoms with Crippen LogP contribution in [0.1, 0.15) is 22.3 Å². The number of rotatable bonds is 3. The van der Waals surface area contributed by atoms with Gasteiger partial charge in [0.1, 0.15) is 0 Å². The Balaban J connectivity index is 2.00. The van der Waals surface area contributed by atoms with Crippen molar-refractivity contribution in [1.82, 2.24) is 9.55 Å². The van der Waals surface area contributed by atoms with Gasteiger partial charge in [-0.2, -0.15) is 0 Å². The lowest BCUT2D eigenvalue weighted by Gasteiger charge is -2.09. The first-order chi connectivity index (χ1) is 10.1. The van der Waals surface area contributed by atoms with Gasteiger partial charge in [-0.25, -0.2) is 4.98 Å². The number of nitrogens with two attached hydrogens (primary N) is 1. The van der Waals surface area contributed by atoms with Crippen LogP contribution in [0, 0.1) is 13.8 Å². The molecule has 0 radical (unpaired) electrons. The van der Waals surface area contributed by atoms with Gasteiger partial charge in [0.25, 0.3) is 0 Å². The van der Waals surface area contributed by atoms with E-state index in [1.165, 1.54) is 11.1 Å². The van der Waals surface area contributed by atoms with Gasteiger partial charge >= 0.3 is 0 Å². The summed E-state index contributed by atoms with van der Waals surface area (Å²) in [6.45, 7) is 5.44.